The highest BCUT2D eigenvalue weighted by molar-refractivity contribution is 4.96. The van der Waals surface area contributed by atoms with Crippen LogP contribution in [0.4, 0.5) is 0 Å². The second-order valence-electron chi connectivity index (χ2n) is 5.50. The fraction of sp³-hybridized carbons (Fsp3) is 0.833. The Morgan fingerprint density at radius 3 is 2.14 bits per heavy atom. The number of hydrogen-bond acceptors (Lipinski definition) is 2. The molecule has 84 valence electrons. The van der Waals surface area contributed by atoms with Crippen molar-refractivity contribution in [1.82, 2.24) is 0 Å². The fourth-order valence-corrected chi connectivity index (χ4v) is 1.85. The predicted octanol–water partition coefficient (Wildman–Crippen LogP) is 2.32. The first-order valence-electron chi connectivity index (χ1n) is 5.26. The summed E-state index contributed by atoms with van der Waals surface area (Å²) < 4.78 is 0. The van der Waals surface area contributed by atoms with Crippen LogP contribution in [-0.4, -0.2) is 17.8 Å². The molecule has 0 bridgehead atoms. The summed E-state index contributed by atoms with van der Waals surface area (Å²) in [6, 6.07) is 0. The minimum atomic E-state index is -0.390. The van der Waals surface area contributed by atoms with Crippen LogP contribution in [0.1, 0.15) is 41.0 Å². The molecular weight excluding hydrogens is 174 g/mol. The largest absolute Gasteiger partial charge is 0.388 e. The van der Waals surface area contributed by atoms with Gasteiger partial charge in [-0.05, 0) is 30.7 Å². The van der Waals surface area contributed by atoms with Gasteiger partial charge in [0, 0.05) is 0 Å². The Labute approximate surface area is 88.2 Å². The third-order valence-corrected chi connectivity index (χ3v) is 2.66. The average Bonchev–Trinajstić information content (AvgIpc) is 2.03. The van der Waals surface area contributed by atoms with E-state index in [1.165, 1.54) is 0 Å². The molecule has 0 heterocycles. The summed E-state index contributed by atoms with van der Waals surface area (Å²) in [5, 5.41) is 9.91. The molecule has 0 spiro atoms. The van der Waals surface area contributed by atoms with Crippen molar-refractivity contribution in [3.63, 3.8) is 0 Å². The molecule has 0 saturated heterocycles. The molecule has 0 fully saturated rings. The Bertz CT molecular complexity index is 194. The van der Waals surface area contributed by atoms with Crippen LogP contribution in [0.25, 0.3) is 0 Å². The molecule has 0 amide bonds. The monoisotopic (exact) mass is 199 g/mol. The van der Waals surface area contributed by atoms with Crippen molar-refractivity contribution in [1.29, 1.82) is 0 Å². The maximum absolute atomic E-state index is 9.91. The van der Waals surface area contributed by atoms with E-state index in [0.29, 0.717) is 6.54 Å². The molecular formula is C12H25NO. The van der Waals surface area contributed by atoms with E-state index in [-0.39, 0.29) is 10.8 Å². The normalized spacial score (nSPS) is 16.2. The average molecular weight is 199 g/mol. The van der Waals surface area contributed by atoms with Crippen molar-refractivity contribution >= 4 is 0 Å². The maximum atomic E-state index is 9.91. The topological polar surface area (TPSA) is 46.2 Å². The number of aliphatic hydroxyl groups is 1. The van der Waals surface area contributed by atoms with Crippen molar-refractivity contribution in [3.8, 4) is 0 Å². The van der Waals surface area contributed by atoms with E-state index in [1.807, 2.05) is 19.1 Å². The fourth-order valence-electron chi connectivity index (χ4n) is 1.85. The van der Waals surface area contributed by atoms with Gasteiger partial charge >= 0.3 is 0 Å². The van der Waals surface area contributed by atoms with Crippen LogP contribution in [-0.2, 0) is 0 Å². The molecule has 0 aromatic carbocycles. The SMILES string of the molecule is C/C=C\C(O)C(C)(C)CC(C)(C)CN. The first kappa shape index (κ1) is 13.7. The van der Waals surface area contributed by atoms with Gasteiger partial charge in [-0.25, -0.2) is 0 Å². The minimum Gasteiger partial charge on any atom is -0.388 e. The van der Waals surface area contributed by atoms with E-state index >= 15 is 0 Å². The molecule has 1 atom stereocenters. The molecule has 0 aromatic heterocycles. The van der Waals surface area contributed by atoms with Gasteiger partial charge in [-0.2, -0.15) is 0 Å². The van der Waals surface area contributed by atoms with Crippen LogP contribution in [0, 0.1) is 10.8 Å². The van der Waals surface area contributed by atoms with Gasteiger partial charge in [-0.1, -0.05) is 39.8 Å². The van der Waals surface area contributed by atoms with Gasteiger partial charge in [0.2, 0.25) is 0 Å². The van der Waals surface area contributed by atoms with E-state index in [9.17, 15) is 5.11 Å². The zero-order valence-corrected chi connectivity index (χ0v) is 10.2. The lowest BCUT2D eigenvalue weighted by Crippen LogP contribution is -2.36. The van der Waals surface area contributed by atoms with Crippen molar-refractivity contribution in [2.24, 2.45) is 16.6 Å². The van der Waals surface area contributed by atoms with Crippen molar-refractivity contribution < 1.29 is 5.11 Å². The third kappa shape index (κ3) is 4.25. The Morgan fingerprint density at radius 2 is 1.79 bits per heavy atom. The highest BCUT2D eigenvalue weighted by Crippen LogP contribution is 2.35. The second-order valence-corrected chi connectivity index (χ2v) is 5.50. The number of hydrogen-bond donors (Lipinski definition) is 2. The van der Waals surface area contributed by atoms with Crippen LogP contribution < -0.4 is 5.73 Å². The minimum absolute atomic E-state index is 0.0893. The van der Waals surface area contributed by atoms with E-state index in [1.54, 1.807) is 0 Å². The number of nitrogens with two attached hydrogens (primary N) is 1. The maximum Gasteiger partial charge on any atom is 0.0771 e. The lowest BCUT2D eigenvalue weighted by molar-refractivity contribution is 0.0524. The van der Waals surface area contributed by atoms with Crippen molar-refractivity contribution in [2.75, 3.05) is 6.54 Å². The lowest BCUT2D eigenvalue weighted by atomic mass is 9.72. The molecule has 2 nitrogen and oxygen atoms in total. The summed E-state index contributed by atoms with van der Waals surface area (Å²) in [6.45, 7) is 11.0. The molecule has 2 heteroatoms. The third-order valence-electron chi connectivity index (χ3n) is 2.66. The number of rotatable bonds is 5. The van der Waals surface area contributed by atoms with Gasteiger partial charge < -0.3 is 10.8 Å². The summed E-state index contributed by atoms with van der Waals surface area (Å²) in [5.41, 5.74) is 5.66. The summed E-state index contributed by atoms with van der Waals surface area (Å²) in [7, 11) is 0. The van der Waals surface area contributed by atoms with Crippen LogP contribution in [0.2, 0.25) is 0 Å². The molecule has 0 aromatic rings. The molecule has 0 radical (unpaired) electrons. The Kier molecular flexibility index (Phi) is 4.82. The smallest absolute Gasteiger partial charge is 0.0771 e. The van der Waals surface area contributed by atoms with Gasteiger partial charge in [-0.3, -0.25) is 0 Å². The van der Waals surface area contributed by atoms with Gasteiger partial charge in [0.1, 0.15) is 0 Å². The van der Waals surface area contributed by atoms with Gasteiger partial charge in [0.15, 0.2) is 0 Å². The molecule has 0 aliphatic heterocycles. The van der Waals surface area contributed by atoms with E-state index in [4.69, 9.17) is 5.73 Å². The molecule has 0 rings (SSSR count). The van der Waals surface area contributed by atoms with Crippen molar-refractivity contribution in [2.45, 2.75) is 47.1 Å². The van der Waals surface area contributed by atoms with E-state index in [0.717, 1.165) is 6.42 Å². The molecule has 14 heavy (non-hydrogen) atoms. The highest BCUT2D eigenvalue weighted by atomic mass is 16.3. The summed E-state index contributed by atoms with van der Waals surface area (Å²) in [5.74, 6) is 0. The lowest BCUT2D eigenvalue weighted by Gasteiger charge is -2.36. The Hall–Kier alpha value is -0.340. The Morgan fingerprint density at radius 1 is 1.29 bits per heavy atom. The molecule has 0 saturated carbocycles. The van der Waals surface area contributed by atoms with Crippen LogP contribution in [0.5, 0.6) is 0 Å². The van der Waals surface area contributed by atoms with Crippen LogP contribution in [0.3, 0.4) is 0 Å². The zero-order valence-electron chi connectivity index (χ0n) is 10.2. The Balaban J connectivity index is 4.47. The summed E-state index contributed by atoms with van der Waals surface area (Å²) in [4.78, 5) is 0. The molecule has 0 aliphatic carbocycles. The quantitative estimate of drug-likeness (QED) is 0.667. The van der Waals surface area contributed by atoms with Gasteiger partial charge in [0.25, 0.3) is 0 Å². The molecule has 3 N–H and O–H groups in total. The number of allylic oxidation sites excluding steroid dienone is 1. The highest BCUT2D eigenvalue weighted by Gasteiger charge is 2.32. The van der Waals surface area contributed by atoms with Gasteiger partial charge in [-0.15, -0.1) is 0 Å². The molecule has 0 aliphatic rings. The zero-order chi connectivity index (χ0) is 11.4. The summed E-state index contributed by atoms with van der Waals surface area (Å²) >= 11 is 0. The first-order valence-corrected chi connectivity index (χ1v) is 5.26. The van der Waals surface area contributed by atoms with Crippen LogP contribution >= 0.6 is 0 Å². The second kappa shape index (κ2) is 4.94. The van der Waals surface area contributed by atoms with Crippen LogP contribution in [0.15, 0.2) is 12.2 Å². The van der Waals surface area contributed by atoms with E-state index < -0.39 is 6.10 Å². The first-order chi connectivity index (χ1) is 6.25. The van der Waals surface area contributed by atoms with Crippen molar-refractivity contribution in [3.05, 3.63) is 12.2 Å². The molecule has 1 unspecified atom stereocenters. The standard InChI is InChI=1S/C12H25NO/c1-6-7-10(14)12(4,5)8-11(2,3)9-13/h6-7,10,14H,8-9,13H2,1-5H3/b7-6-. The van der Waals surface area contributed by atoms with Gasteiger partial charge in [0.05, 0.1) is 6.10 Å². The predicted molar refractivity (Wildman–Crippen MR) is 62.1 cm³/mol. The summed E-state index contributed by atoms with van der Waals surface area (Å²) in [6.07, 6.45) is 4.26. The number of aliphatic hydroxyl groups excluding tert-OH is 1. The van der Waals surface area contributed by atoms with E-state index in [2.05, 4.69) is 27.7 Å².